The van der Waals surface area contributed by atoms with Gasteiger partial charge in [0.25, 0.3) is 0 Å². The maximum absolute atomic E-state index is 10.9. The Morgan fingerprint density at radius 1 is 0.756 bits per heavy atom. The quantitative estimate of drug-likeness (QED) is 0.343. The lowest BCUT2D eigenvalue weighted by molar-refractivity contribution is 0.412. The summed E-state index contributed by atoms with van der Waals surface area (Å²) in [5, 5.41) is 14.5. The highest BCUT2D eigenvalue weighted by molar-refractivity contribution is 6.32. The first-order valence-electron chi connectivity index (χ1n) is 15.6. The summed E-state index contributed by atoms with van der Waals surface area (Å²) in [7, 11) is 0. The van der Waals surface area contributed by atoms with Gasteiger partial charge in [-0.2, -0.15) is 0 Å². The Hall–Kier alpha value is -5.03. The van der Waals surface area contributed by atoms with E-state index in [-0.39, 0.29) is 11.2 Å². The first kappa shape index (κ1) is 28.7. The van der Waals surface area contributed by atoms with Gasteiger partial charge in [0, 0.05) is 33.5 Å². The van der Waals surface area contributed by atoms with Gasteiger partial charge in [-0.3, -0.25) is 0 Å². The van der Waals surface area contributed by atoms with Gasteiger partial charge in [-0.25, -0.2) is 15.0 Å². The normalized spacial score (nSPS) is 21.0. The van der Waals surface area contributed by atoms with Crippen LogP contribution < -0.4 is 5.32 Å². The number of rotatable bonds is 2. The minimum atomic E-state index is -0.120. The summed E-state index contributed by atoms with van der Waals surface area (Å²) in [5.74, 6) is 0.239. The lowest BCUT2D eigenvalue weighted by atomic mass is 9.87. The van der Waals surface area contributed by atoms with Crippen molar-refractivity contribution < 1.29 is 5.11 Å². The second kappa shape index (κ2) is 10.6. The number of benzene rings is 2. The Bertz CT molecular complexity index is 2020. The molecule has 0 aromatic heterocycles. The number of nitrogens with one attached hydrogen (secondary N) is 1. The van der Waals surface area contributed by atoms with Crippen molar-refractivity contribution in [1.29, 1.82) is 0 Å². The van der Waals surface area contributed by atoms with Crippen molar-refractivity contribution in [3.05, 3.63) is 152 Å². The molecule has 8 bridgehead atoms. The Morgan fingerprint density at radius 3 is 2.16 bits per heavy atom. The summed E-state index contributed by atoms with van der Waals surface area (Å²) in [6, 6.07) is 13.0. The molecule has 5 aliphatic heterocycles. The van der Waals surface area contributed by atoms with Crippen molar-refractivity contribution in [2.24, 2.45) is 20.4 Å². The maximum atomic E-state index is 10.9. The monoisotopic (exact) mass is 590 g/mol. The summed E-state index contributed by atoms with van der Waals surface area (Å²) >= 11 is 0. The fourth-order valence-corrected chi connectivity index (χ4v) is 6.90. The molecule has 1 saturated heterocycles. The number of aliphatic hydroxyl groups excluding tert-OH is 1. The van der Waals surface area contributed by atoms with Crippen molar-refractivity contribution in [2.45, 2.75) is 54.9 Å². The minimum absolute atomic E-state index is 0.120. The van der Waals surface area contributed by atoms with Crippen LogP contribution in [0.25, 0.3) is 11.1 Å². The van der Waals surface area contributed by atoms with Gasteiger partial charge in [-0.05, 0) is 106 Å². The molecular formula is C40H38N4O. The number of hydrogen-bond donors (Lipinski definition) is 2. The summed E-state index contributed by atoms with van der Waals surface area (Å²) in [6.45, 7) is 14.7. The minimum Gasteiger partial charge on any atom is -0.512 e. The highest BCUT2D eigenvalue weighted by Gasteiger charge is 2.34. The maximum Gasteiger partial charge on any atom is 0.0986 e. The molecule has 0 aliphatic carbocycles. The number of aliphatic hydroxyl groups is 1. The van der Waals surface area contributed by atoms with Crippen LogP contribution in [0.5, 0.6) is 0 Å². The van der Waals surface area contributed by atoms with Crippen molar-refractivity contribution in [1.82, 2.24) is 5.32 Å². The van der Waals surface area contributed by atoms with E-state index in [1.165, 1.54) is 11.1 Å². The zero-order valence-electron chi connectivity index (χ0n) is 27.0. The van der Waals surface area contributed by atoms with Crippen LogP contribution in [0.1, 0.15) is 60.6 Å². The molecule has 45 heavy (non-hydrogen) atoms. The Kier molecular flexibility index (Phi) is 6.74. The molecule has 2 aromatic rings. The zero-order chi connectivity index (χ0) is 31.6. The second-order valence-electron chi connectivity index (χ2n) is 13.3. The van der Waals surface area contributed by atoms with E-state index in [1.54, 1.807) is 6.92 Å². The van der Waals surface area contributed by atoms with Gasteiger partial charge in [0.15, 0.2) is 0 Å². The fourth-order valence-electron chi connectivity index (χ4n) is 6.90. The van der Waals surface area contributed by atoms with Crippen LogP contribution in [0.3, 0.4) is 0 Å². The SMILES string of the molecule is C/C(O)=C1/C=C2N=C1C=C1CC(C)(C)C(=CC3=NC(=C(c4ccc(C)cc4)C4=NC(=C2c2c(C)cc(C)cc2C)C=C4)C=C3)N1. The fraction of sp³-hybridized carbons (Fsp3) is 0.225. The van der Waals surface area contributed by atoms with Crippen LogP contribution in [0, 0.1) is 33.1 Å². The van der Waals surface area contributed by atoms with Gasteiger partial charge >= 0.3 is 0 Å². The molecule has 0 radical (unpaired) electrons. The topological polar surface area (TPSA) is 69.3 Å². The number of nitrogens with zero attached hydrogens (tertiary/aromatic N) is 3. The highest BCUT2D eigenvalue weighted by Crippen LogP contribution is 2.42. The summed E-state index contributed by atoms with van der Waals surface area (Å²) < 4.78 is 0. The van der Waals surface area contributed by atoms with E-state index in [1.807, 2.05) is 6.08 Å². The van der Waals surface area contributed by atoms with Crippen molar-refractivity contribution in [3.8, 4) is 0 Å². The van der Waals surface area contributed by atoms with Gasteiger partial charge in [0.2, 0.25) is 0 Å². The van der Waals surface area contributed by atoms with Crippen molar-refractivity contribution >= 4 is 28.3 Å². The molecule has 5 nitrogen and oxygen atoms in total. The first-order valence-corrected chi connectivity index (χ1v) is 15.6. The molecule has 0 unspecified atom stereocenters. The summed E-state index contributed by atoms with van der Waals surface area (Å²) in [5.41, 5.74) is 16.6. The van der Waals surface area contributed by atoms with Gasteiger partial charge in [-0.15, -0.1) is 0 Å². The summed E-state index contributed by atoms with van der Waals surface area (Å²) in [4.78, 5) is 15.7. The van der Waals surface area contributed by atoms with Crippen LogP contribution in [0.4, 0.5) is 0 Å². The van der Waals surface area contributed by atoms with E-state index in [9.17, 15) is 5.11 Å². The molecule has 1 fully saturated rings. The molecule has 5 heteroatoms. The number of aryl methyl sites for hydroxylation is 4. The predicted molar refractivity (Wildman–Crippen MR) is 187 cm³/mol. The van der Waals surface area contributed by atoms with Crippen LogP contribution in [-0.4, -0.2) is 22.2 Å². The average Bonchev–Trinajstić information content (AvgIpc) is 3.75. The number of allylic oxidation sites excluding steroid dienone is 13. The number of fused-ring (bicyclic) bond motifs is 5. The van der Waals surface area contributed by atoms with Crippen molar-refractivity contribution in [2.75, 3.05) is 0 Å². The van der Waals surface area contributed by atoms with Crippen molar-refractivity contribution in [3.63, 3.8) is 0 Å². The first-order chi connectivity index (χ1) is 21.5. The van der Waals surface area contributed by atoms with E-state index in [0.29, 0.717) is 0 Å². The predicted octanol–water partition coefficient (Wildman–Crippen LogP) is 9.04. The van der Waals surface area contributed by atoms with Gasteiger partial charge in [0.05, 0.1) is 40.0 Å². The van der Waals surface area contributed by atoms with Crippen LogP contribution >= 0.6 is 0 Å². The molecule has 2 aromatic carbocycles. The molecule has 0 spiro atoms. The zero-order valence-corrected chi connectivity index (χ0v) is 27.0. The lowest BCUT2D eigenvalue weighted by Crippen LogP contribution is -2.14. The van der Waals surface area contributed by atoms with E-state index < -0.39 is 0 Å². The van der Waals surface area contributed by atoms with Crippen LogP contribution in [0.2, 0.25) is 0 Å². The number of aliphatic imine (C=N–C) groups is 3. The summed E-state index contributed by atoms with van der Waals surface area (Å²) in [6.07, 6.45) is 15.4. The molecule has 5 heterocycles. The molecule has 5 aliphatic rings. The number of hydrogen-bond acceptors (Lipinski definition) is 5. The third-order valence-electron chi connectivity index (χ3n) is 9.04. The molecule has 2 N–H and O–H groups in total. The Morgan fingerprint density at radius 2 is 1.44 bits per heavy atom. The lowest BCUT2D eigenvalue weighted by Gasteiger charge is -2.17. The molecule has 0 amide bonds. The molecule has 7 rings (SSSR count). The molecule has 0 atom stereocenters. The van der Waals surface area contributed by atoms with E-state index >= 15 is 0 Å². The van der Waals surface area contributed by atoms with Gasteiger partial charge in [-0.1, -0.05) is 61.4 Å². The third kappa shape index (κ3) is 5.12. The largest absolute Gasteiger partial charge is 0.512 e. The smallest absolute Gasteiger partial charge is 0.0986 e. The molecular weight excluding hydrogens is 552 g/mol. The average molecular weight is 591 g/mol. The second-order valence-corrected chi connectivity index (χ2v) is 13.3. The van der Waals surface area contributed by atoms with E-state index in [4.69, 9.17) is 15.0 Å². The molecule has 0 saturated carbocycles. The molecule has 224 valence electrons. The van der Waals surface area contributed by atoms with E-state index in [2.05, 4.69) is 120 Å². The van der Waals surface area contributed by atoms with Crippen LogP contribution in [-0.2, 0) is 0 Å². The highest BCUT2D eigenvalue weighted by atomic mass is 16.3. The Labute approximate surface area is 265 Å². The van der Waals surface area contributed by atoms with Crippen LogP contribution in [0.15, 0.2) is 134 Å². The van der Waals surface area contributed by atoms with Gasteiger partial charge in [0.1, 0.15) is 0 Å². The standard InChI is InChI=1S/C40H38N4O/c1-22-8-10-27(11-9-22)38-31-13-12-28(41-31)19-36-40(6,7)21-29(42-36)18-34-30(26(5)45)20-35(44-34)39(33-15-14-32(38)43-33)37-24(3)16-23(2)17-25(37)4/h8-20,42,45H,21H2,1-7H3/b29-18?,30-26+,36-19?,38-31?,39-33?. The third-order valence-corrected chi connectivity index (χ3v) is 9.04. The Balaban J connectivity index is 1.56. The van der Waals surface area contributed by atoms with Gasteiger partial charge < -0.3 is 10.4 Å². The van der Waals surface area contributed by atoms with E-state index in [0.717, 1.165) is 91.0 Å².